The smallest absolute Gasteiger partial charge is 0.0964 e. The molecule has 8 aromatic rings. The van der Waals surface area contributed by atoms with E-state index in [-0.39, 0.29) is 0 Å². The van der Waals surface area contributed by atoms with Crippen LogP contribution in [0.1, 0.15) is 0 Å². The summed E-state index contributed by atoms with van der Waals surface area (Å²) in [6.07, 6.45) is 3.73. The van der Waals surface area contributed by atoms with Crippen molar-refractivity contribution in [2.45, 2.75) is 0 Å². The third-order valence-electron chi connectivity index (χ3n) is 7.21. The molecule has 0 saturated heterocycles. The number of rotatable bonds is 2. The van der Waals surface area contributed by atoms with Crippen LogP contribution in [0.4, 0.5) is 0 Å². The number of hydrogen-bond acceptors (Lipinski definition) is 2. The lowest BCUT2D eigenvalue weighted by molar-refractivity contribution is 1.34. The highest BCUT2D eigenvalue weighted by Crippen LogP contribution is 2.43. The van der Waals surface area contributed by atoms with E-state index in [4.69, 9.17) is 0 Å². The molecule has 0 aliphatic rings. The van der Waals surface area contributed by atoms with E-state index in [1.54, 1.807) is 0 Å². The van der Waals surface area contributed by atoms with Gasteiger partial charge in [0.05, 0.1) is 27.6 Å². The van der Waals surface area contributed by atoms with Gasteiger partial charge in [0.1, 0.15) is 0 Å². The summed E-state index contributed by atoms with van der Waals surface area (Å²) in [7, 11) is 0. The molecule has 0 fully saturated rings. The van der Waals surface area contributed by atoms with Crippen LogP contribution in [-0.2, 0) is 0 Å². The summed E-state index contributed by atoms with van der Waals surface area (Å²) in [6.45, 7) is 0. The topological polar surface area (TPSA) is 30.2 Å². The van der Waals surface area contributed by atoms with Gasteiger partial charge in [0, 0.05) is 39.5 Å². The van der Waals surface area contributed by atoms with E-state index in [0.717, 1.165) is 16.6 Å². The van der Waals surface area contributed by atoms with Gasteiger partial charge >= 0.3 is 0 Å². The molecule has 3 heteroatoms. The molecule has 3 nitrogen and oxygen atoms in total. The van der Waals surface area contributed by atoms with E-state index in [2.05, 4.69) is 105 Å². The van der Waals surface area contributed by atoms with E-state index < -0.39 is 0 Å². The van der Waals surface area contributed by atoms with Crippen molar-refractivity contribution in [2.75, 3.05) is 0 Å². The van der Waals surface area contributed by atoms with Gasteiger partial charge in [-0.2, -0.15) is 0 Å². The summed E-state index contributed by atoms with van der Waals surface area (Å²) in [6, 6.07) is 36.9. The summed E-state index contributed by atoms with van der Waals surface area (Å²) >= 11 is 0. The normalized spacial score (nSPS) is 12.0. The van der Waals surface area contributed by atoms with Crippen molar-refractivity contribution in [3.63, 3.8) is 0 Å². The third-order valence-corrected chi connectivity index (χ3v) is 7.21. The summed E-state index contributed by atoms with van der Waals surface area (Å²) < 4.78 is 2.43. The van der Waals surface area contributed by atoms with Crippen LogP contribution in [0.25, 0.3) is 71.4 Å². The molecule has 0 atom stereocenters. The highest BCUT2D eigenvalue weighted by Gasteiger charge is 2.19. The summed E-state index contributed by atoms with van der Waals surface area (Å²) in [5.74, 6) is 0. The Hall–Kier alpha value is -4.76. The van der Waals surface area contributed by atoms with Crippen molar-refractivity contribution >= 4 is 49.1 Å². The number of aromatic nitrogens is 3. The Labute approximate surface area is 201 Å². The minimum absolute atomic E-state index is 0.913. The Bertz CT molecular complexity index is 2050. The van der Waals surface area contributed by atoms with Crippen molar-refractivity contribution in [1.82, 2.24) is 14.4 Å². The molecule has 4 aromatic heterocycles. The van der Waals surface area contributed by atoms with Crippen LogP contribution in [0.3, 0.4) is 0 Å². The zero-order valence-corrected chi connectivity index (χ0v) is 18.8. The predicted octanol–water partition coefficient (Wildman–Crippen LogP) is 8.11. The van der Waals surface area contributed by atoms with Gasteiger partial charge in [0.25, 0.3) is 0 Å². The third kappa shape index (κ3) is 2.55. The van der Waals surface area contributed by atoms with Crippen molar-refractivity contribution in [2.24, 2.45) is 0 Å². The fourth-order valence-corrected chi connectivity index (χ4v) is 5.68. The molecular weight excluding hydrogens is 426 g/mol. The van der Waals surface area contributed by atoms with Crippen LogP contribution >= 0.6 is 0 Å². The largest absolute Gasteiger partial charge is 0.308 e. The van der Waals surface area contributed by atoms with Crippen molar-refractivity contribution in [3.8, 4) is 22.3 Å². The second-order valence-corrected chi connectivity index (χ2v) is 9.10. The minimum Gasteiger partial charge on any atom is -0.308 e. The number of hydrogen-bond donors (Lipinski definition) is 0. The quantitative estimate of drug-likeness (QED) is 0.269. The first-order valence-corrected chi connectivity index (χ1v) is 11.8. The Balaban J connectivity index is 1.54. The Morgan fingerprint density at radius 2 is 1.26 bits per heavy atom. The van der Waals surface area contributed by atoms with Crippen molar-refractivity contribution in [1.29, 1.82) is 0 Å². The molecule has 0 bridgehead atoms. The minimum atomic E-state index is 0.913. The van der Waals surface area contributed by atoms with Gasteiger partial charge in [0.15, 0.2) is 0 Å². The molecule has 0 unspecified atom stereocenters. The molecule has 0 saturated carbocycles. The van der Waals surface area contributed by atoms with Gasteiger partial charge < -0.3 is 4.40 Å². The fourth-order valence-electron chi connectivity index (χ4n) is 5.68. The molecule has 0 spiro atoms. The van der Waals surface area contributed by atoms with E-state index in [1.165, 1.54) is 54.8 Å². The monoisotopic (exact) mass is 445 g/mol. The van der Waals surface area contributed by atoms with Crippen LogP contribution in [0.15, 0.2) is 116 Å². The molecule has 0 N–H and O–H groups in total. The maximum Gasteiger partial charge on any atom is 0.0964 e. The lowest BCUT2D eigenvalue weighted by Gasteiger charge is -2.07. The zero-order chi connectivity index (χ0) is 22.9. The molecule has 4 aromatic carbocycles. The van der Waals surface area contributed by atoms with Gasteiger partial charge in [-0.25, -0.2) is 0 Å². The van der Waals surface area contributed by atoms with Crippen LogP contribution in [0.2, 0.25) is 0 Å². The number of benzene rings is 4. The molecule has 0 radical (unpaired) electrons. The van der Waals surface area contributed by atoms with Crippen molar-refractivity contribution in [3.05, 3.63) is 116 Å². The molecule has 8 rings (SSSR count). The number of fused-ring (bicyclic) bond motifs is 7. The highest BCUT2D eigenvalue weighted by atomic mass is 14.9. The summed E-state index contributed by atoms with van der Waals surface area (Å²) in [5, 5.41) is 5.08. The van der Waals surface area contributed by atoms with Crippen LogP contribution in [0, 0.1) is 0 Å². The van der Waals surface area contributed by atoms with Gasteiger partial charge in [0.2, 0.25) is 0 Å². The first kappa shape index (κ1) is 18.6. The van der Waals surface area contributed by atoms with E-state index >= 15 is 0 Å². The van der Waals surface area contributed by atoms with Crippen molar-refractivity contribution < 1.29 is 0 Å². The maximum absolute atomic E-state index is 4.69. The number of para-hydroxylation sites is 1. The molecule has 0 amide bonds. The van der Waals surface area contributed by atoms with Crippen LogP contribution in [0.5, 0.6) is 0 Å². The second kappa shape index (κ2) is 6.87. The molecule has 162 valence electrons. The first-order valence-electron chi connectivity index (χ1n) is 11.8. The van der Waals surface area contributed by atoms with Crippen LogP contribution in [-0.4, -0.2) is 14.4 Å². The Morgan fingerprint density at radius 1 is 0.486 bits per heavy atom. The standard InChI is InChI=1S/C32H19N3/c1-2-7-20(8-3-1)21-12-13-30-25(17-21)27-19-22(23-14-16-33-28-10-6-15-34-31(23)28)18-26-24-9-4-5-11-29(24)35(30)32(26)27/h1-19H. The molecule has 0 aliphatic heterocycles. The SMILES string of the molecule is c1ccc(-c2ccc3c(c2)c2cc(-c4ccnc5cccnc45)cc4c5ccccc5n3c42)cc1. The molecular formula is C32H19N3. The Morgan fingerprint density at radius 3 is 2.17 bits per heavy atom. The summed E-state index contributed by atoms with van der Waals surface area (Å²) in [4.78, 5) is 9.22. The average Bonchev–Trinajstić information content (AvgIpc) is 3.44. The van der Waals surface area contributed by atoms with Gasteiger partial charge in [-0.05, 0) is 65.2 Å². The molecule has 4 heterocycles. The Kier molecular flexibility index (Phi) is 3.66. The molecule has 0 aliphatic carbocycles. The van der Waals surface area contributed by atoms with Gasteiger partial charge in [-0.15, -0.1) is 0 Å². The molecule has 35 heavy (non-hydrogen) atoms. The second-order valence-electron chi connectivity index (χ2n) is 9.10. The average molecular weight is 446 g/mol. The summed E-state index contributed by atoms with van der Waals surface area (Å²) in [5.41, 5.74) is 10.3. The maximum atomic E-state index is 4.69. The lowest BCUT2D eigenvalue weighted by Crippen LogP contribution is -1.87. The lowest BCUT2D eigenvalue weighted by atomic mass is 9.97. The highest BCUT2D eigenvalue weighted by molar-refractivity contribution is 6.25. The number of pyridine rings is 2. The van der Waals surface area contributed by atoms with Crippen LogP contribution < -0.4 is 0 Å². The van der Waals surface area contributed by atoms with Gasteiger partial charge in [-0.3, -0.25) is 9.97 Å². The van der Waals surface area contributed by atoms with E-state index in [0.29, 0.717) is 0 Å². The van der Waals surface area contributed by atoms with E-state index in [9.17, 15) is 0 Å². The number of nitrogens with zero attached hydrogens (tertiary/aromatic N) is 3. The predicted molar refractivity (Wildman–Crippen MR) is 145 cm³/mol. The van der Waals surface area contributed by atoms with Gasteiger partial charge in [-0.1, -0.05) is 54.6 Å². The zero-order valence-electron chi connectivity index (χ0n) is 18.8. The fraction of sp³-hybridized carbons (Fsp3) is 0. The first-order chi connectivity index (χ1) is 17.4. The van der Waals surface area contributed by atoms with E-state index in [1.807, 2.05) is 24.5 Å².